The molecule has 1 aromatic rings. The van der Waals surface area contributed by atoms with Gasteiger partial charge in [0.25, 0.3) is 0 Å². The van der Waals surface area contributed by atoms with Crippen LogP contribution in [-0.2, 0) is 0 Å². The fourth-order valence-electron chi connectivity index (χ4n) is 2.49. The predicted molar refractivity (Wildman–Crippen MR) is 74.2 cm³/mol. The average Bonchev–Trinajstić information content (AvgIpc) is 2.37. The van der Waals surface area contributed by atoms with Crippen LogP contribution in [0.15, 0.2) is 12.1 Å². The van der Waals surface area contributed by atoms with E-state index in [1.807, 2.05) is 11.9 Å². The van der Waals surface area contributed by atoms with Crippen LogP contribution in [0.1, 0.15) is 12.8 Å². The Kier molecular flexibility index (Phi) is 3.84. The summed E-state index contributed by atoms with van der Waals surface area (Å²) < 4.78 is 0. The van der Waals surface area contributed by atoms with Crippen LogP contribution < -0.4 is 10.6 Å². The van der Waals surface area contributed by atoms with Crippen LogP contribution in [0.25, 0.3) is 0 Å². The van der Waals surface area contributed by atoms with Crippen LogP contribution in [0.2, 0.25) is 0 Å². The van der Waals surface area contributed by atoms with E-state index in [1.165, 1.54) is 12.1 Å². The van der Waals surface area contributed by atoms with E-state index in [9.17, 15) is 10.1 Å². The molecule has 1 unspecified atom stereocenters. The molecule has 0 saturated carbocycles. The number of nitrogen functional groups attached to an aromatic ring is 1. The number of piperidine rings is 1. The molecule has 1 aliphatic heterocycles. The summed E-state index contributed by atoms with van der Waals surface area (Å²) in [5.41, 5.74) is 5.66. The fraction of sp³-hybridized carbons (Fsp3) is 0.583. The number of nitrogens with two attached hydrogens (primary N) is 1. The highest BCUT2D eigenvalue weighted by Crippen LogP contribution is 2.29. The molecule has 19 heavy (non-hydrogen) atoms. The minimum absolute atomic E-state index is 0.00456. The number of likely N-dealkylation sites (tertiary alicyclic amines) is 1. The molecule has 2 N–H and O–H groups in total. The highest BCUT2D eigenvalue weighted by molar-refractivity contribution is 5.61. The van der Waals surface area contributed by atoms with E-state index in [0.717, 1.165) is 25.9 Å². The SMILES string of the molecule is CN1CCCC(N(C)c2nc(N)ccc2[N+](=O)[O-])C1. The molecule has 0 spiro atoms. The van der Waals surface area contributed by atoms with Crippen molar-refractivity contribution in [1.82, 2.24) is 9.88 Å². The molecule has 1 aliphatic rings. The number of hydrogen-bond acceptors (Lipinski definition) is 6. The molecule has 1 aromatic heterocycles. The molecule has 2 heterocycles. The minimum atomic E-state index is -0.412. The van der Waals surface area contributed by atoms with Crippen molar-refractivity contribution in [2.75, 3.05) is 37.8 Å². The number of nitrogens with zero attached hydrogens (tertiary/aromatic N) is 4. The Morgan fingerprint density at radius 1 is 1.58 bits per heavy atom. The summed E-state index contributed by atoms with van der Waals surface area (Å²) in [6.07, 6.45) is 2.09. The van der Waals surface area contributed by atoms with Gasteiger partial charge in [0.1, 0.15) is 5.82 Å². The molecule has 1 atom stereocenters. The standard InChI is InChI=1S/C12H19N5O2/c1-15-7-3-4-9(8-15)16(2)12-10(17(18)19)5-6-11(13)14-12/h5-6,9H,3-4,7-8H2,1-2H3,(H2,13,14). The number of nitro groups is 1. The van der Waals surface area contributed by atoms with Crippen molar-refractivity contribution in [2.24, 2.45) is 0 Å². The van der Waals surface area contributed by atoms with Gasteiger partial charge in [0.15, 0.2) is 0 Å². The number of likely N-dealkylation sites (N-methyl/N-ethyl adjacent to an activating group) is 2. The smallest absolute Gasteiger partial charge is 0.311 e. The minimum Gasteiger partial charge on any atom is -0.384 e. The Hall–Kier alpha value is -1.89. The van der Waals surface area contributed by atoms with Gasteiger partial charge in [-0.2, -0.15) is 0 Å². The summed E-state index contributed by atoms with van der Waals surface area (Å²) in [5, 5.41) is 11.1. The van der Waals surface area contributed by atoms with Crippen molar-refractivity contribution in [3.8, 4) is 0 Å². The van der Waals surface area contributed by atoms with Crippen molar-refractivity contribution in [2.45, 2.75) is 18.9 Å². The molecule has 1 fully saturated rings. The van der Waals surface area contributed by atoms with E-state index in [4.69, 9.17) is 5.73 Å². The lowest BCUT2D eigenvalue weighted by Gasteiger charge is -2.36. The van der Waals surface area contributed by atoms with Gasteiger partial charge in [-0.3, -0.25) is 10.1 Å². The largest absolute Gasteiger partial charge is 0.384 e. The van der Waals surface area contributed by atoms with Gasteiger partial charge in [0.2, 0.25) is 5.82 Å². The Morgan fingerprint density at radius 2 is 2.32 bits per heavy atom. The second kappa shape index (κ2) is 5.40. The van der Waals surface area contributed by atoms with Gasteiger partial charge in [-0.05, 0) is 32.5 Å². The third-order valence-corrected chi connectivity index (χ3v) is 3.55. The fourth-order valence-corrected chi connectivity index (χ4v) is 2.49. The summed E-state index contributed by atoms with van der Waals surface area (Å²) in [7, 11) is 3.90. The number of aromatic nitrogens is 1. The van der Waals surface area contributed by atoms with E-state index in [1.54, 1.807) is 0 Å². The number of pyridine rings is 1. The van der Waals surface area contributed by atoms with E-state index < -0.39 is 4.92 Å². The van der Waals surface area contributed by atoms with Crippen molar-refractivity contribution in [3.63, 3.8) is 0 Å². The maximum absolute atomic E-state index is 11.1. The maximum Gasteiger partial charge on any atom is 0.311 e. The molecule has 2 rings (SSSR count). The third-order valence-electron chi connectivity index (χ3n) is 3.55. The van der Waals surface area contributed by atoms with E-state index >= 15 is 0 Å². The summed E-state index contributed by atoms with van der Waals surface area (Å²) in [4.78, 5) is 18.9. The molecule has 0 radical (unpaired) electrons. The van der Waals surface area contributed by atoms with Gasteiger partial charge in [0.05, 0.1) is 4.92 Å². The Labute approximate surface area is 112 Å². The molecule has 0 bridgehead atoms. The lowest BCUT2D eigenvalue weighted by atomic mass is 10.0. The lowest BCUT2D eigenvalue weighted by molar-refractivity contribution is -0.384. The van der Waals surface area contributed by atoms with Gasteiger partial charge in [-0.25, -0.2) is 4.98 Å². The third kappa shape index (κ3) is 2.93. The summed E-state index contributed by atoms with van der Waals surface area (Å²) in [5.74, 6) is 0.655. The van der Waals surface area contributed by atoms with Crippen molar-refractivity contribution in [3.05, 3.63) is 22.2 Å². The second-order valence-corrected chi connectivity index (χ2v) is 5.01. The normalized spacial score (nSPS) is 20.2. The Morgan fingerprint density at radius 3 is 2.95 bits per heavy atom. The van der Waals surface area contributed by atoms with Crippen molar-refractivity contribution in [1.29, 1.82) is 0 Å². The second-order valence-electron chi connectivity index (χ2n) is 5.01. The monoisotopic (exact) mass is 265 g/mol. The van der Waals surface area contributed by atoms with Crippen LogP contribution in [0.5, 0.6) is 0 Å². The highest BCUT2D eigenvalue weighted by Gasteiger charge is 2.27. The first kappa shape index (κ1) is 13.5. The Balaban J connectivity index is 2.29. The van der Waals surface area contributed by atoms with Crippen LogP contribution in [0, 0.1) is 10.1 Å². The highest BCUT2D eigenvalue weighted by atomic mass is 16.6. The van der Waals surface area contributed by atoms with E-state index in [2.05, 4.69) is 16.9 Å². The lowest BCUT2D eigenvalue weighted by Crippen LogP contribution is -2.45. The molecular weight excluding hydrogens is 246 g/mol. The zero-order valence-corrected chi connectivity index (χ0v) is 11.2. The number of anilines is 2. The van der Waals surface area contributed by atoms with Crippen LogP contribution >= 0.6 is 0 Å². The van der Waals surface area contributed by atoms with Crippen LogP contribution in [0.4, 0.5) is 17.3 Å². The molecule has 7 heteroatoms. The first-order valence-corrected chi connectivity index (χ1v) is 6.31. The first-order valence-electron chi connectivity index (χ1n) is 6.31. The molecule has 0 aliphatic carbocycles. The molecular formula is C12H19N5O2. The van der Waals surface area contributed by atoms with Crippen LogP contribution in [-0.4, -0.2) is 48.0 Å². The van der Waals surface area contributed by atoms with Gasteiger partial charge in [-0.1, -0.05) is 0 Å². The zero-order chi connectivity index (χ0) is 14.0. The van der Waals surface area contributed by atoms with Gasteiger partial charge < -0.3 is 15.5 Å². The average molecular weight is 265 g/mol. The molecule has 7 nitrogen and oxygen atoms in total. The zero-order valence-electron chi connectivity index (χ0n) is 11.2. The topological polar surface area (TPSA) is 88.5 Å². The number of hydrogen-bond donors (Lipinski definition) is 1. The molecule has 104 valence electrons. The summed E-state index contributed by atoms with van der Waals surface area (Å²) in [6, 6.07) is 3.11. The quantitative estimate of drug-likeness (QED) is 0.650. The molecule has 0 aromatic carbocycles. The van der Waals surface area contributed by atoms with Gasteiger partial charge in [-0.15, -0.1) is 0 Å². The molecule has 0 amide bonds. The number of rotatable bonds is 3. The van der Waals surface area contributed by atoms with E-state index in [0.29, 0.717) is 11.6 Å². The van der Waals surface area contributed by atoms with Crippen molar-refractivity contribution < 1.29 is 4.92 Å². The van der Waals surface area contributed by atoms with Crippen LogP contribution in [0.3, 0.4) is 0 Å². The summed E-state index contributed by atoms with van der Waals surface area (Å²) in [6.45, 7) is 1.95. The van der Waals surface area contributed by atoms with E-state index in [-0.39, 0.29) is 11.7 Å². The van der Waals surface area contributed by atoms with Gasteiger partial charge >= 0.3 is 5.69 Å². The predicted octanol–water partition coefficient (Wildman–Crippen LogP) is 1.10. The Bertz CT molecular complexity index is 479. The molecule has 1 saturated heterocycles. The van der Waals surface area contributed by atoms with Gasteiger partial charge in [0, 0.05) is 25.7 Å². The summed E-state index contributed by atoms with van der Waals surface area (Å²) >= 11 is 0. The van der Waals surface area contributed by atoms with Crippen molar-refractivity contribution >= 4 is 17.3 Å². The maximum atomic E-state index is 11.1. The first-order chi connectivity index (χ1) is 8.99.